The van der Waals surface area contributed by atoms with E-state index in [1.165, 1.54) is 0 Å². The van der Waals surface area contributed by atoms with Crippen molar-refractivity contribution in [3.05, 3.63) is 29.8 Å². The number of hydrogen-bond donors (Lipinski definition) is 1. The lowest BCUT2D eigenvalue weighted by Crippen LogP contribution is -2.15. The van der Waals surface area contributed by atoms with E-state index in [4.69, 9.17) is 24.7 Å². The molecule has 1 atom stereocenters. The number of unbranched alkanes of at least 4 members (excludes halogenated alkanes) is 3. The number of rotatable bonds is 15. The van der Waals surface area contributed by atoms with Crippen molar-refractivity contribution in [2.75, 3.05) is 39.6 Å². The number of carbonyl (C=O) groups is 1. The summed E-state index contributed by atoms with van der Waals surface area (Å²) in [7, 11) is 0. The van der Waals surface area contributed by atoms with Gasteiger partial charge in [-0.05, 0) is 50.8 Å². The summed E-state index contributed by atoms with van der Waals surface area (Å²) < 4.78 is 21.1. The fraction of sp³-hybridized carbons (Fsp3) is 0.650. The maximum Gasteiger partial charge on any atom is 0.332 e. The van der Waals surface area contributed by atoms with Crippen LogP contribution < -0.4 is 10.5 Å². The maximum absolute atomic E-state index is 11.0. The monoisotopic (exact) mass is 367 g/mol. The van der Waals surface area contributed by atoms with E-state index >= 15 is 0 Å². The molecule has 26 heavy (non-hydrogen) atoms. The Morgan fingerprint density at radius 2 is 1.77 bits per heavy atom. The smallest absolute Gasteiger partial charge is 0.332 e. The molecule has 1 aromatic carbocycles. The van der Waals surface area contributed by atoms with Crippen LogP contribution in [0.5, 0.6) is 5.75 Å². The second-order valence-electron chi connectivity index (χ2n) is 6.09. The van der Waals surface area contributed by atoms with Gasteiger partial charge in [-0.25, -0.2) is 4.79 Å². The predicted octanol–water partition coefficient (Wildman–Crippen LogP) is 3.24. The van der Waals surface area contributed by atoms with E-state index < -0.39 is 0 Å². The number of benzene rings is 1. The fourth-order valence-corrected chi connectivity index (χ4v) is 2.32. The summed E-state index contributed by atoms with van der Waals surface area (Å²) in [5, 5.41) is 0. The zero-order valence-electron chi connectivity index (χ0n) is 16.1. The Morgan fingerprint density at radius 3 is 2.50 bits per heavy atom. The van der Waals surface area contributed by atoms with Crippen molar-refractivity contribution >= 4 is 5.97 Å². The molecule has 1 aromatic rings. The van der Waals surface area contributed by atoms with Crippen LogP contribution in [-0.4, -0.2) is 45.6 Å². The lowest BCUT2D eigenvalue weighted by atomic mass is 10.1. The van der Waals surface area contributed by atoms with Crippen molar-refractivity contribution < 1.29 is 23.7 Å². The molecule has 0 saturated carbocycles. The summed E-state index contributed by atoms with van der Waals surface area (Å²) in [4.78, 5) is 11.0. The molecule has 0 aliphatic heterocycles. The third-order valence-corrected chi connectivity index (χ3v) is 3.73. The molecule has 0 fully saturated rings. The van der Waals surface area contributed by atoms with Gasteiger partial charge in [-0.15, -0.1) is 0 Å². The third kappa shape index (κ3) is 11.1. The molecule has 0 saturated heterocycles. The molecule has 2 N–H and O–H groups in total. The Labute approximate surface area is 156 Å². The normalized spacial score (nSPS) is 12.0. The zero-order valence-corrected chi connectivity index (χ0v) is 16.1. The maximum atomic E-state index is 11.0. The van der Waals surface area contributed by atoms with E-state index in [9.17, 15) is 4.79 Å². The minimum absolute atomic E-state index is 0.00962. The van der Waals surface area contributed by atoms with Crippen LogP contribution in [0.1, 0.15) is 51.1 Å². The first-order valence-electron chi connectivity index (χ1n) is 9.43. The third-order valence-electron chi connectivity index (χ3n) is 3.73. The van der Waals surface area contributed by atoms with Gasteiger partial charge in [0, 0.05) is 12.6 Å². The molecule has 0 heterocycles. The first-order chi connectivity index (χ1) is 12.6. The number of ether oxygens (including phenoxy) is 4. The van der Waals surface area contributed by atoms with Crippen LogP contribution in [-0.2, 0) is 19.0 Å². The van der Waals surface area contributed by atoms with Gasteiger partial charge in [-0.2, -0.15) is 0 Å². The highest BCUT2D eigenvalue weighted by Crippen LogP contribution is 2.17. The van der Waals surface area contributed by atoms with Gasteiger partial charge < -0.3 is 24.7 Å². The molecule has 0 aliphatic carbocycles. The number of carbonyl (C=O) groups excluding carboxylic acids is 1. The van der Waals surface area contributed by atoms with Gasteiger partial charge in [-0.1, -0.05) is 18.6 Å². The number of nitrogens with two attached hydrogens (primary N) is 1. The molecule has 1 rings (SSSR count). The summed E-state index contributed by atoms with van der Waals surface area (Å²) in [6.45, 7) is 6.43. The van der Waals surface area contributed by atoms with E-state index in [2.05, 4.69) is 0 Å². The van der Waals surface area contributed by atoms with E-state index in [0.29, 0.717) is 33.0 Å². The van der Waals surface area contributed by atoms with E-state index in [-0.39, 0.29) is 18.6 Å². The van der Waals surface area contributed by atoms with E-state index in [1.54, 1.807) is 6.92 Å². The molecule has 6 heteroatoms. The van der Waals surface area contributed by atoms with Crippen molar-refractivity contribution in [2.24, 2.45) is 5.73 Å². The molecule has 0 amide bonds. The Hall–Kier alpha value is -1.63. The second-order valence-corrected chi connectivity index (χ2v) is 6.09. The molecule has 0 bridgehead atoms. The average Bonchev–Trinajstić information content (AvgIpc) is 2.63. The van der Waals surface area contributed by atoms with Crippen molar-refractivity contribution in [3.63, 3.8) is 0 Å². The zero-order chi connectivity index (χ0) is 19.0. The Bertz CT molecular complexity index is 493. The SMILES string of the molecule is CCOC(=O)COCCOCCCCCCOc1cccc(C(C)N)c1. The molecule has 0 radical (unpaired) electrons. The molecule has 0 aliphatic rings. The largest absolute Gasteiger partial charge is 0.494 e. The van der Waals surface area contributed by atoms with Gasteiger partial charge in [0.2, 0.25) is 0 Å². The summed E-state index contributed by atoms with van der Waals surface area (Å²) >= 11 is 0. The topological polar surface area (TPSA) is 80.0 Å². The Morgan fingerprint density at radius 1 is 1.04 bits per heavy atom. The molecule has 6 nitrogen and oxygen atoms in total. The van der Waals surface area contributed by atoms with Gasteiger partial charge in [0.05, 0.1) is 26.4 Å². The minimum atomic E-state index is -0.334. The predicted molar refractivity (Wildman–Crippen MR) is 101 cm³/mol. The Balaban J connectivity index is 1.89. The van der Waals surface area contributed by atoms with Gasteiger partial charge in [0.15, 0.2) is 0 Å². The van der Waals surface area contributed by atoms with Gasteiger partial charge in [-0.3, -0.25) is 0 Å². The van der Waals surface area contributed by atoms with Crippen LogP contribution in [0.4, 0.5) is 0 Å². The first-order valence-corrected chi connectivity index (χ1v) is 9.43. The lowest BCUT2D eigenvalue weighted by Gasteiger charge is -2.10. The quantitative estimate of drug-likeness (QED) is 0.379. The summed E-state index contributed by atoms with van der Waals surface area (Å²) in [6, 6.07) is 7.97. The molecular formula is C20H33NO5. The van der Waals surface area contributed by atoms with Crippen LogP contribution >= 0.6 is 0 Å². The van der Waals surface area contributed by atoms with Crippen molar-refractivity contribution in [1.29, 1.82) is 0 Å². The number of hydrogen-bond acceptors (Lipinski definition) is 6. The molecule has 148 valence electrons. The summed E-state index contributed by atoms with van der Waals surface area (Å²) in [5.74, 6) is 0.546. The molecular weight excluding hydrogens is 334 g/mol. The van der Waals surface area contributed by atoms with Crippen LogP contribution in [0.2, 0.25) is 0 Å². The summed E-state index contributed by atoms with van der Waals surface area (Å²) in [6.07, 6.45) is 4.24. The van der Waals surface area contributed by atoms with Gasteiger partial charge in [0.25, 0.3) is 0 Å². The van der Waals surface area contributed by atoms with Crippen LogP contribution in [0.3, 0.4) is 0 Å². The second kappa shape index (κ2) is 14.5. The molecule has 1 unspecified atom stereocenters. The highest BCUT2D eigenvalue weighted by molar-refractivity contribution is 5.70. The standard InChI is InChI=1S/C20H33NO5/c1-3-25-20(22)16-24-14-13-23-11-6-4-5-7-12-26-19-10-8-9-18(15-19)17(2)21/h8-10,15,17H,3-7,11-14,16,21H2,1-2H3. The van der Waals surface area contributed by atoms with Gasteiger partial charge in [0.1, 0.15) is 12.4 Å². The van der Waals surface area contributed by atoms with Gasteiger partial charge >= 0.3 is 5.97 Å². The van der Waals surface area contributed by atoms with Crippen LogP contribution in [0, 0.1) is 0 Å². The van der Waals surface area contributed by atoms with E-state index in [0.717, 1.165) is 37.0 Å². The molecule has 0 aromatic heterocycles. The van der Waals surface area contributed by atoms with Crippen molar-refractivity contribution in [3.8, 4) is 5.75 Å². The lowest BCUT2D eigenvalue weighted by molar-refractivity contribution is -0.148. The van der Waals surface area contributed by atoms with Crippen molar-refractivity contribution in [2.45, 2.75) is 45.6 Å². The fourth-order valence-electron chi connectivity index (χ4n) is 2.32. The van der Waals surface area contributed by atoms with Crippen molar-refractivity contribution in [1.82, 2.24) is 0 Å². The highest BCUT2D eigenvalue weighted by Gasteiger charge is 2.02. The first kappa shape index (κ1) is 22.4. The number of esters is 1. The molecule has 0 spiro atoms. The van der Waals surface area contributed by atoms with Crippen LogP contribution in [0.25, 0.3) is 0 Å². The highest BCUT2D eigenvalue weighted by atomic mass is 16.6. The Kier molecular flexibility index (Phi) is 12.5. The summed E-state index contributed by atoms with van der Waals surface area (Å²) in [5.41, 5.74) is 6.96. The minimum Gasteiger partial charge on any atom is -0.494 e. The van der Waals surface area contributed by atoms with E-state index in [1.807, 2.05) is 31.2 Å². The average molecular weight is 367 g/mol. The van der Waals surface area contributed by atoms with Crippen LogP contribution in [0.15, 0.2) is 24.3 Å².